The zero-order valence-electron chi connectivity index (χ0n) is 13.0. The van der Waals surface area contributed by atoms with Crippen molar-refractivity contribution in [2.75, 3.05) is 0 Å². The second-order valence-corrected chi connectivity index (χ2v) is 5.67. The van der Waals surface area contributed by atoms with Crippen LogP contribution < -0.4 is 0 Å². The lowest BCUT2D eigenvalue weighted by Gasteiger charge is -2.10. The fraction of sp³-hybridized carbons (Fsp3) is 0.444. The van der Waals surface area contributed by atoms with Crippen molar-refractivity contribution >= 4 is 16.6 Å². The van der Waals surface area contributed by atoms with Gasteiger partial charge in [0.2, 0.25) is 0 Å². The zero-order valence-corrected chi connectivity index (χ0v) is 13.0. The molecule has 0 bridgehead atoms. The highest BCUT2D eigenvalue weighted by Gasteiger charge is 2.11. The molecule has 3 heteroatoms. The number of fused-ring (bicyclic) bond motifs is 3. The highest BCUT2D eigenvalue weighted by atomic mass is 15.1. The van der Waals surface area contributed by atoms with Crippen molar-refractivity contribution in [1.82, 2.24) is 14.4 Å². The van der Waals surface area contributed by atoms with E-state index in [1.54, 1.807) is 0 Å². The molecule has 2 heterocycles. The summed E-state index contributed by atoms with van der Waals surface area (Å²) in [6.07, 6.45) is 10.8. The summed E-state index contributed by atoms with van der Waals surface area (Å²) < 4.78 is 2.15. The summed E-state index contributed by atoms with van der Waals surface area (Å²) in [6.45, 7) is 4.46. The Morgan fingerprint density at radius 2 is 1.86 bits per heavy atom. The summed E-state index contributed by atoms with van der Waals surface area (Å²) in [7, 11) is 0. The van der Waals surface area contributed by atoms with Crippen LogP contribution in [0.4, 0.5) is 0 Å². The van der Waals surface area contributed by atoms with Crippen LogP contribution >= 0.6 is 0 Å². The molecular formula is C18H23N3. The van der Waals surface area contributed by atoms with Gasteiger partial charge >= 0.3 is 0 Å². The summed E-state index contributed by atoms with van der Waals surface area (Å²) >= 11 is 0. The number of aryl methyl sites for hydroxylation is 2. The van der Waals surface area contributed by atoms with Crippen molar-refractivity contribution in [3.05, 3.63) is 42.0 Å². The number of rotatable bonds is 6. The Labute approximate surface area is 126 Å². The highest BCUT2D eigenvalue weighted by Crippen LogP contribution is 2.23. The Morgan fingerprint density at radius 1 is 1.05 bits per heavy atom. The fourth-order valence-corrected chi connectivity index (χ4v) is 2.88. The van der Waals surface area contributed by atoms with Gasteiger partial charge in [0.05, 0.1) is 5.52 Å². The molecule has 0 saturated carbocycles. The lowest BCUT2D eigenvalue weighted by molar-refractivity contribution is 0.743. The molecule has 0 atom stereocenters. The molecule has 0 aliphatic heterocycles. The van der Waals surface area contributed by atoms with Gasteiger partial charge in [-0.15, -0.1) is 0 Å². The number of aromatic nitrogens is 3. The number of benzene rings is 1. The van der Waals surface area contributed by atoms with Gasteiger partial charge in [0, 0.05) is 24.2 Å². The van der Waals surface area contributed by atoms with E-state index in [0.717, 1.165) is 29.8 Å². The van der Waals surface area contributed by atoms with E-state index in [9.17, 15) is 0 Å². The van der Waals surface area contributed by atoms with Gasteiger partial charge in [0.25, 0.3) is 0 Å². The molecular weight excluding hydrogens is 258 g/mol. The standard InChI is InChI=1S/C18H23N3/c1-3-5-8-14-9-7-10-15-17(14)20-16(11-6-4-2)21-13-12-19-18(15)21/h7,9-10,12-13H,3-6,8,11H2,1-2H3. The van der Waals surface area contributed by atoms with Crippen LogP contribution in [0, 0.1) is 0 Å². The van der Waals surface area contributed by atoms with Gasteiger partial charge in [-0.1, -0.05) is 38.8 Å². The molecule has 1 aromatic carbocycles. The predicted octanol–water partition coefficient (Wildman–Crippen LogP) is 4.57. The molecule has 0 radical (unpaired) electrons. The van der Waals surface area contributed by atoms with Crippen molar-refractivity contribution in [2.45, 2.75) is 52.4 Å². The monoisotopic (exact) mass is 281 g/mol. The number of para-hydroxylation sites is 1. The fourth-order valence-electron chi connectivity index (χ4n) is 2.88. The number of unbranched alkanes of at least 4 members (excludes halogenated alkanes) is 2. The lowest BCUT2D eigenvalue weighted by atomic mass is 10.0. The molecule has 21 heavy (non-hydrogen) atoms. The van der Waals surface area contributed by atoms with Crippen LogP contribution in [0.25, 0.3) is 16.6 Å². The van der Waals surface area contributed by atoms with Crippen molar-refractivity contribution in [3.8, 4) is 0 Å². The van der Waals surface area contributed by atoms with E-state index < -0.39 is 0 Å². The van der Waals surface area contributed by atoms with Crippen molar-refractivity contribution < 1.29 is 0 Å². The quantitative estimate of drug-likeness (QED) is 0.662. The molecule has 3 nitrogen and oxygen atoms in total. The molecule has 0 aliphatic rings. The second kappa shape index (κ2) is 6.25. The molecule has 0 N–H and O–H groups in total. The predicted molar refractivity (Wildman–Crippen MR) is 87.7 cm³/mol. The Bertz CT molecular complexity index is 743. The van der Waals surface area contributed by atoms with E-state index in [0.29, 0.717) is 0 Å². The first-order chi connectivity index (χ1) is 10.3. The van der Waals surface area contributed by atoms with Gasteiger partial charge in [-0.05, 0) is 30.9 Å². The normalized spacial score (nSPS) is 11.5. The molecule has 0 amide bonds. The Balaban J connectivity index is 2.18. The summed E-state index contributed by atoms with van der Waals surface area (Å²) in [5.74, 6) is 1.14. The van der Waals surface area contributed by atoms with E-state index in [4.69, 9.17) is 4.98 Å². The van der Waals surface area contributed by atoms with Crippen LogP contribution in [0.15, 0.2) is 30.6 Å². The van der Waals surface area contributed by atoms with Crippen molar-refractivity contribution in [2.24, 2.45) is 0 Å². The molecule has 0 aliphatic carbocycles. The van der Waals surface area contributed by atoms with Gasteiger partial charge < -0.3 is 0 Å². The topological polar surface area (TPSA) is 30.2 Å². The van der Waals surface area contributed by atoms with Crippen LogP contribution in [0.3, 0.4) is 0 Å². The lowest BCUT2D eigenvalue weighted by Crippen LogP contribution is -2.03. The first-order valence-electron chi connectivity index (χ1n) is 8.08. The van der Waals surface area contributed by atoms with Gasteiger partial charge in [-0.2, -0.15) is 0 Å². The van der Waals surface area contributed by atoms with Crippen LogP contribution in [0.1, 0.15) is 50.9 Å². The first-order valence-corrected chi connectivity index (χ1v) is 8.08. The number of nitrogens with zero attached hydrogens (tertiary/aromatic N) is 3. The SMILES string of the molecule is CCCCc1cccc2c1nc(CCCC)n1ccnc21. The third-order valence-corrected chi connectivity index (χ3v) is 4.07. The largest absolute Gasteiger partial charge is 0.287 e. The summed E-state index contributed by atoms with van der Waals surface area (Å²) in [6, 6.07) is 6.49. The molecule has 3 aromatic rings. The second-order valence-electron chi connectivity index (χ2n) is 5.67. The average molecular weight is 281 g/mol. The molecule has 0 saturated heterocycles. The van der Waals surface area contributed by atoms with E-state index in [-0.39, 0.29) is 0 Å². The summed E-state index contributed by atoms with van der Waals surface area (Å²) in [5, 5.41) is 1.17. The number of imidazole rings is 1. The van der Waals surface area contributed by atoms with Crippen LogP contribution in [-0.2, 0) is 12.8 Å². The van der Waals surface area contributed by atoms with Crippen LogP contribution in [0.2, 0.25) is 0 Å². The zero-order chi connectivity index (χ0) is 14.7. The molecule has 0 fully saturated rings. The van der Waals surface area contributed by atoms with Crippen molar-refractivity contribution in [1.29, 1.82) is 0 Å². The minimum absolute atomic E-state index is 1.02. The number of hydrogen-bond donors (Lipinski definition) is 0. The minimum Gasteiger partial charge on any atom is -0.287 e. The van der Waals surface area contributed by atoms with Gasteiger partial charge in [-0.3, -0.25) is 4.40 Å². The van der Waals surface area contributed by atoms with E-state index in [1.807, 2.05) is 12.4 Å². The maximum absolute atomic E-state index is 4.99. The van der Waals surface area contributed by atoms with Gasteiger partial charge in [0.1, 0.15) is 11.5 Å². The van der Waals surface area contributed by atoms with Crippen molar-refractivity contribution in [3.63, 3.8) is 0 Å². The molecule has 3 rings (SSSR count). The van der Waals surface area contributed by atoms with E-state index in [1.165, 1.54) is 36.6 Å². The number of hydrogen-bond acceptors (Lipinski definition) is 2. The maximum Gasteiger partial charge on any atom is 0.147 e. The third kappa shape index (κ3) is 2.65. The van der Waals surface area contributed by atoms with Gasteiger partial charge in [-0.25, -0.2) is 9.97 Å². The third-order valence-electron chi connectivity index (χ3n) is 4.07. The van der Waals surface area contributed by atoms with Gasteiger partial charge in [0.15, 0.2) is 0 Å². The van der Waals surface area contributed by atoms with E-state index >= 15 is 0 Å². The Kier molecular flexibility index (Phi) is 4.18. The smallest absolute Gasteiger partial charge is 0.147 e. The molecule has 110 valence electrons. The summed E-state index contributed by atoms with van der Waals surface area (Å²) in [5.41, 5.74) is 3.55. The van der Waals surface area contributed by atoms with Crippen LogP contribution in [-0.4, -0.2) is 14.4 Å². The Hall–Kier alpha value is -1.90. The minimum atomic E-state index is 1.02. The molecule has 0 spiro atoms. The van der Waals surface area contributed by atoms with E-state index in [2.05, 4.69) is 41.4 Å². The maximum atomic E-state index is 4.99. The summed E-state index contributed by atoms with van der Waals surface area (Å²) in [4.78, 5) is 9.55. The average Bonchev–Trinajstić information content (AvgIpc) is 3.00. The molecule has 2 aromatic heterocycles. The molecule has 0 unspecified atom stereocenters. The highest BCUT2D eigenvalue weighted by molar-refractivity contribution is 5.93. The Morgan fingerprint density at radius 3 is 2.67 bits per heavy atom. The van der Waals surface area contributed by atoms with Crippen LogP contribution in [0.5, 0.6) is 0 Å². The first kappa shape index (κ1) is 14.1.